The number of hydrogen-bond acceptors (Lipinski definition) is 2. The van der Waals surface area contributed by atoms with Crippen molar-refractivity contribution in [2.45, 2.75) is 19.8 Å². The molecule has 1 aromatic rings. The van der Waals surface area contributed by atoms with Crippen molar-refractivity contribution in [1.82, 2.24) is 4.98 Å². The molecule has 0 aliphatic carbocycles. The molecule has 1 heterocycles. The van der Waals surface area contributed by atoms with Gasteiger partial charge < -0.3 is 0 Å². The standard InChI is InChI=1S/C9H7BrF2N2/c1-5-6(2-3-13)8(10)7(4-14-5)9(11)12/h4,9H,2H2,1H3. The van der Waals surface area contributed by atoms with Crippen molar-refractivity contribution in [3.8, 4) is 6.07 Å². The van der Waals surface area contributed by atoms with Gasteiger partial charge in [0.05, 0.1) is 18.1 Å². The van der Waals surface area contributed by atoms with Crippen molar-refractivity contribution in [1.29, 1.82) is 5.26 Å². The molecule has 5 heteroatoms. The number of hydrogen-bond donors (Lipinski definition) is 0. The SMILES string of the molecule is Cc1ncc(C(F)F)c(Br)c1CC#N. The minimum absolute atomic E-state index is 0.0833. The van der Waals surface area contributed by atoms with Crippen LogP contribution in [0, 0.1) is 18.3 Å². The molecule has 0 aliphatic heterocycles. The number of rotatable bonds is 2. The molecule has 14 heavy (non-hydrogen) atoms. The van der Waals surface area contributed by atoms with E-state index in [1.165, 1.54) is 0 Å². The Morgan fingerprint density at radius 3 is 2.79 bits per heavy atom. The summed E-state index contributed by atoms with van der Waals surface area (Å²) in [5, 5.41) is 8.51. The fraction of sp³-hybridized carbons (Fsp3) is 0.333. The number of halogens is 3. The van der Waals surface area contributed by atoms with Crippen LogP contribution in [0.4, 0.5) is 8.78 Å². The van der Waals surface area contributed by atoms with Crippen LogP contribution in [0.3, 0.4) is 0 Å². The van der Waals surface area contributed by atoms with E-state index >= 15 is 0 Å². The van der Waals surface area contributed by atoms with Gasteiger partial charge >= 0.3 is 0 Å². The third kappa shape index (κ3) is 2.07. The maximum atomic E-state index is 12.4. The molecule has 0 spiro atoms. The van der Waals surface area contributed by atoms with Gasteiger partial charge in [-0.2, -0.15) is 5.26 Å². The molecule has 0 radical (unpaired) electrons. The topological polar surface area (TPSA) is 36.7 Å². The average molecular weight is 261 g/mol. The monoisotopic (exact) mass is 260 g/mol. The normalized spacial score (nSPS) is 10.3. The summed E-state index contributed by atoms with van der Waals surface area (Å²) in [6.07, 6.45) is -1.36. The summed E-state index contributed by atoms with van der Waals surface area (Å²) in [7, 11) is 0. The third-order valence-electron chi connectivity index (χ3n) is 1.84. The van der Waals surface area contributed by atoms with E-state index in [4.69, 9.17) is 5.26 Å². The van der Waals surface area contributed by atoms with E-state index in [9.17, 15) is 8.78 Å². The zero-order chi connectivity index (χ0) is 10.7. The Balaban J connectivity index is 3.27. The van der Waals surface area contributed by atoms with E-state index in [1.54, 1.807) is 6.92 Å². The van der Waals surface area contributed by atoms with Gasteiger partial charge in [0, 0.05) is 21.9 Å². The Labute approximate surface area is 88.7 Å². The molecule has 74 valence electrons. The van der Waals surface area contributed by atoms with Crippen LogP contribution in [0.5, 0.6) is 0 Å². The molecular formula is C9H7BrF2N2. The fourth-order valence-corrected chi connectivity index (χ4v) is 1.77. The van der Waals surface area contributed by atoms with Gasteiger partial charge in [-0.1, -0.05) is 0 Å². The minimum Gasteiger partial charge on any atom is -0.261 e. The van der Waals surface area contributed by atoms with Gasteiger partial charge in [-0.25, -0.2) is 8.78 Å². The molecule has 0 fully saturated rings. The highest BCUT2D eigenvalue weighted by molar-refractivity contribution is 9.10. The van der Waals surface area contributed by atoms with Crippen LogP contribution in [-0.4, -0.2) is 4.98 Å². The molecule has 1 rings (SSSR count). The number of pyridine rings is 1. The maximum absolute atomic E-state index is 12.4. The second kappa shape index (κ2) is 4.47. The van der Waals surface area contributed by atoms with Gasteiger partial charge in [0.25, 0.3) is 6.43 Å². The zero-order valence-corrected chi connectivity index (χ0v) is 8.98. The van der Waals surface area contributed by atoms with Gasteiger partial charge in [-0.3, -0.25) is 4.98 Å². The summed E-state index contributed by atoms with van der Waals surface area (Å²) in [5.74, 6) is 0. The highest BCUT2D eigenvalue weighted by Gasteiger charge is 2.16. The van der Waals surface area contributed by atoms with E-state index < -0.39 is 6.43 Å². The van der Waals surface area contributed by atoms with E-state index in [0.29, 0.717) is 15.7 Å². The van der Waals surface area contributed by atoms with Crippen molar-refractivity contribution in [3.63, 3.8) is 0 Å². The average Bonchev–Trinajstić information content (AvgIpc) is 2.11. The van der Waals surface area contributed by atoms with Crippen LogP contribution < -0.4 is 0 Å². The molecule has 0 saturated carbocycles. The van der Waals surface area contributed by atoms with Crippen LogP contribution in [0.1, 0.15) is 23.2 Å². The lowest BCUT2D eigenvalue weighted by molar-refractivity contribution is 0.150. The van der Waals surface area contributed by atoms with Crippen molar-refractivity contribution < 1.29 is 8.78 Å². The number of aromatic nitrogens is 1. The van der Waals surface area contributed by atoms with Crippen LogP contribution in [0.2, 0.25) is 0 Å². The van der Waals surface area contributed by atoms with E-state index in [0.717, 1.165) is 6.20 Å². The predicted octanol–water partition coefficient (Wildman–Crippen LogP) is 3.16. The summed E-state index contributed by atoms with van der Waals surface area (Å²) in [6, 6.07) is 1.92. The summed E-state index contributed by atoms with van der Waals surface area (Å²) in [4.78, 5) is 3.82. The Kier molecular flexibility index (Phi) is 3.53. The Morgan fingerprint density at radius 1 is 1.64 bits per heavy atom. The number of alkyl halides is 2. The lowest BCUT2D eigenvalue weighted by Gasteiger charge is -2.08. The van der Waals surface area contributed by atoms with Crippen molar-refractivity contribution in [2.24, 2.45) is 0 Å². The Bertz CT molecular complexity index is 385. The maximum Gasteiger partial charge on any atom is 0.266 e. The van der Waals surface area contributed by atoms with Gasteiger partial charge in [-0.05, 0) is 22.9 Å². The van der Waals surface area contributed by atoms with E-state index in [-0.39, 0.29) is 12.0 Å². The summed E-state index contributed by atoms with van der Waals surface area (Å²) >= 11 is 3.06. The van der Waals surface area contributed by atoms with Crippen LogP contribution >= 0.6 is 15.9 Å². The van der Waals surface area contributed by atoms with E-state index in [1.807, 2.05) is 6.07 Å². The number of nitrogens with zero attached hydrogens (tertiary/aromatic N) is 2. The van der Waals surface area contributed by atoms with Crippen molar-refractivity contribution >= 4 is 15.9 Å². The first-order valence-electron chi connectivity index (χ1n) is 3.87. The number of nitriles is 1. The second-order valence-electron chi connectivity index (χ2n) is 2.73. The third-order valence-corrected chi connectivity index (χ3v) is 2.78. The summed E-state index contributed by atoms with van der Waals surface area (Å²) in [5.41, 5.74) is 0.967. The molecule has 0 N–H and O–H groups in total. The highest BCUT2D eigenvalue weighted by Crippen LogP contribution is 2.30. The smallest absolute Gasteiger partial charge is 0.261 e. The highest BCUT2D eigenvalue weighted by atomic mass is 79.9. The fourth-order valence-electron chi connectivity index (χ4n) is 1.07. The van der Waals surface area contributed by atoms with Gasteiger partial charge in [0.15, 0.2) is 0 Å². The lowest BCUT2D eigenvalue weighted by Crippen LogP contribution is -1.98. The van der Waals surface area contributed by atoms with Gasteiger partial charge in [0.2, 0.25) is 0 Å². The summed E-state index contributed by atoms with van der Waals surface area (Å²) < 4.78 is 25.1. The molecular weight excluding hydrogens is 254 g/mol. The molecule has 0 aromatic carbocycles. The van der Waals surface area contributed by atoms with Crippen LogP contribution in [0.25, 0.3) is 0 Å². The van der Waals surface area contributed by atoms with Crippen molar-refractivity contribution in [2.75, 3.05) is 0 Å². The Morgan fingerprint density at radius 2 is 2.29 bits per heavy atom. The first-order chi connectivity index (χ1) is 6.57. The minimum atomic E-state index is -2.57. The Hall–Kier alpha value is -1.02. The van der Waals surface area contributed by atoms with Crippen LogP contribution in [-0.2, 0) is 6.42 Å². The van der Waals surface area contributed by atoms with Gasteiger partial charge in [0.1, 0.15) is 0 Å². The largest absolute Gasteiger partial charge is 0.266 e. The molecule has 1 aromatic heterocycles. The zero-order valence-electron chi connectivity index (χ0n) is 7.39. The number of aryl methyl sites for hydroxylation is 1. The van der Waals surface area contributed by atoms with Crippen LogP contribution in [0.15, 0.2) is 10.7 Å². The summed E-state index contributed by atoms with van der Waals surface area (Å²) in [6.45, 7) is 1.69. The first-order valence-corrected chi connectivity index (χ1v) is 4.66. The molecule has 0 atom stereocenters. The molecule has 0 amide bonds. The molecule has 2 nitrogen and oxygen atoms in total. The van der Waals surface area contributed by atoms with Crippen molar-refractivity contribution in [3.05, 3.63) is 27.5 Å². The molecule has 0 aliphatic rings. The lowest BCUT2D eigenvalue weighted by atomic mass is 10.1. The quantitative estimate of drug-likeness (QED) is 0.819. The molecule has 0 saturated heterocycles. The first kappa shape index (κ1) is 11.1. The van der Waals surface area contributed by atoms with E-state index in [2.05, 4.69) is 20.9 Å². The molecule has 0 unspecified atom stereocenters. The molecule has 0 bridgehead atoms. The predicted molar refractivity (Wildman–Crippen MR) is 50.9 cm³/mol. The second-order valence-corrected chi connectivity index (χ2v) is 3.52. The van der Waals surface area contributed by atoms with Gasteiger partial charge in [-0.15, -0.1) is 0 Å².